The van der Waals surface area contributed by atoms with Crippen LogP contribution in [0.5, 0.6) is 0 Å². The molecule has 0 heterocycles. The summed E-state index contributed by atoms with van der Waals surface area (Å²) in [4.78, 5) is 54.6. The molecule has 0 atom stereocenters. The maximum atomic E-state index is 9.10. The summed E-state index contributed by atoms with van der Waals surface area (Å²) >= 11 is 0. The fourth-order valence-corrected chi connectivity index (χ4v) is 0. The van der Waals surface area contributed by atoms with Crippen molar-refractivity contribution in [2.24, 2.45) is 0 Å². The van der Waals surface area contributed by atoms with Gasteiger partial charge in [-0.2, -0.15) is 0 Å². The van der Waals surface area contributed by atoms with E-state index >= 15 is 0 Å². The molecule has 0 aromatic rings. The van der Waals surface area contributed by atoms with E-state index in [1.54, 1.807) is 0 Å². The molecule has 0 aliphatic carbocycles. The van der Waals surface area contributed by atoms with E-state index in [0.29, 0.717) is 0 Å². The Hall–Kier alpha value is -0.726. The Labute approximate surface area is 173 Å². The van der Waals surface area contributed by atoms with Crippen LogP contribution in [0.4, 0.5) is 0 Å². The van der Waals surface area contributed by atoms with Crippen molar-refractivity contribution in [3.8, 4) is 0 Å². The largest absolute Gasteiger partial charge is 0.473 e. The van der Waals surface area contributed by atoms with Gasteiger partial charge in [0.05, 0.1) is 0 Å². The quantitative estimate of drug-likeness (QED) is 0.145. The number of hydrogen-bond donors (Lipinski definition) is 6. The van der Waals surface area contributed by atoms with Gasteiger partial charge in [0.1, 0.15) is 0 Å². The van der Waals surface area contributed by atoms with E-state index in [0.717, 1.165) is 0 Å². The van der Waals surface area contributed by atoms with Gasteiger partial charge in [-0.3, -0.25) is 0 Å². The second-order valence-electron chi connectivity index (χ2n) is 1.83. The summed E-state index contributed by atoms with van der Waals surface area (Å²) in [6, 6.07) is 0. The first-order valence-corrected chi connectivity index (χ1v) is 3.32. The average Bonchev–Trinajstić information content (AvgIpc) is 2.18. The normalized spacial score (nSPS) is 6.29. The molecule has 0 unspecified atom stereocenters. The molecule has 0 saturated heterocycles. The van der Waals surface area contributed by atoms with E-state index in [-0.39, 0.29) is 80.1 Å². The molecule has 0 radical (unpaired) electrons. The van der Waals surface area contributed by atoms with Crippen molar-refractivity contribution in [2.75, 3.05) is 0 Å². The Morgan fingerprint density at radius 2 is 0.429 bits per heavy atom. The third kappa shape index (κ3) is 45.2. The third-order valence-corrected chi connectivity index (χ3v) is 0.549. The molecule has 0 spiro atoms. The van der Waals surface area contributed by atoms with Gasteiger partial charge in [-0.25, -0.2) is 28.8 Å². The second kappa shape index (κ2) is 21.6. The Bertz CT molecular complexity index is 282. The summed E-state index contributed by atoms with van der Waals surface area (Å²) < 4.78 is 0. The predicted molar refractivity (Wildman–Crippen MR) is 49.4 cm³/mol. The molecule has 0 aromatic carbocycles. The molecule has 21 heavy (non-hydrogen) atoms. The topological polar surface area (TPSA) is 255 Å². The molecule has 0 rings (SSSR count). The summed E-state index contributed by atoms with van der Waals surface area (Å²) in [5, 5.41) is 44.3. The fraction of sp³-hybridized carbons (Fsp3) is 0. The molecule has 0 amide bonds. The Morgan fingerprint density at radius 3 is 0.429 bits per heavy atom. The summed E-state index contributed by atoms with van der Waals surface area (Å²) in [6.07, 6.45) is 0. The molecule has 0 aliphatic rings. The molecule has 0 saturated carbocycles. The van der Waals surface area contributed by atoms with Gasteiger partial charge in [0.25, 0.3) is 0 Å². The zero-order chi connectivity index (χ0) is 15.5. The average molecular weight is 623 g/mol. The summed E-state index contributed by atoms with van der Waals surface area (Å²) in [7, 11) is 0. The van der Waals surface area contributed by atoms with E-state index in [4.69, 9.17) is 59.4 Å². The van der Waals surface area contributed by atoms with E-state index in [1.807, 2.05) is 0 Å². The van der Waals surface area contributed by atoms with Crippen LogP contribution >= 0.6 is 0 Å². The third-order valence-electron chi connectivity index (χ3n) is 0.549. The number of aliphatic carboxylic acids is 6. The van der Waals surface area contributed by atoms with Crippen LogP contribution in [0.3, 0.4) is 0 Å². The van der Waals surface area contributed by atoms with Crippen LogP contribution in [0.1, 0.15) is 0 Å². The molecule has 13 nitrogen and oxygen atoms in total. The van der Waals surface area contributed by atoms with Gasteiger partial charge < -0.3 is 36.1 Å². The van der Waals surface area contributed by atoms with Crippen molar-refractivity contribution < 1.29 is 139 Å². The number of carboxylic acids is 6. The minimum atomic E-state index is -1.82. The minimum absolute atomic E-state index is 0. The Balaban J connectivity index is -0.0000000375. The maximum Gasteiger partial charge on any atom is 0.414 e. The maximum absolute atomic E-state index is 9.10. The fourth-order valence-electron chi connectivity index (χ4n) is 0. The van der Waals surface area contributed by atoms with E-state index in [2.05, 4.69) is 0 Å². The molecule has 0 aromatic heterocycles. The molecular formula is C6H8Er2O13. The molecule has 8 N–H and O–H groups in total. The van der Waals surface area contributed by atoms with Gasteiger partial charge in [-0.15, -0.1) is 0 Å². The first-order valence-electron chi connectivity index (χ1n) is 3.32. The van der Waals surface area contributed by atoms with Gasteiger partial charge in [0.15, 0.2) is 0 Å². The zero-order valence-electron chi connectivity index (χ0n) is 9.21. The summed E-state index contributed by atoms with van der Waals surface area (Å²) in [6.45, 7) is 0. The molecular weight excluding hydrogens is 615 g/mol. The standard InChI is InChI=1S/3C2H2O4.2Er.H2O/c3*3-1(4)2(5)6;;;/h3*(H,3,4)(H,5,6);;;1H2. The van der Waals surface area contributed by atoms with Gasteiger partial charge in [-0.05, 0) is 0 Å². The first kappa shape index (κ1) is 37.0. The Kier molecular flexibility index (Phi) is 38.0. The van der Waals surface area contributed by atoms with Crippen LogP contribution in [-0.4, -0.2) is 71.9 Å². The van der Waals surface area contributed by atoms with Gasteiger partial charge >= 0.3 is 35.8 Å². The van der Waals surface area contributed by atoms with Crippen LogP contribution in [0.25, 0.3) is 0 Å². The minimum Gasteiger partial charge on any atom is -0.473 e. The van der Waals surface area contributed by atoms with Gasteiger partial charge in [0, 0.05) is 74.6 Å². The number of rotatable bonds is 0. The predicted octanol–water partition coefficient (Wildman–Crippen LogP) is -3.36. The monoisotopic (exact) mass is 620 g/mol. The molecule has 0 aliphatic heterocycles. The van der Waals surface area contributed by atoms with Crippen LogP contribution in [-0.2, 0) is 28.8 Å². The first-order chi connectivity index (χ1) is 7.93. The van der Waals surface area contributed by atoms with Crippen LogP contribution in [0.15, 0.2) is 0 Å². The molecule has 0 bridgehead atoms. The van der Waals surface area contributed by atoms with E-state index in [9.17, 15) is 0 Å². The molecule has 0 fully saturated rings. The number of carbonyl (C=O) groups is 6. The smallest absolute Gasteiger partial charge is 0.414 e. The van der Waals surface area contributed by atoms with E-state index in [1.165, 1.54) is 0 Å². The summed E-state index contributed by atoms with van der Waals surface area (Å²) in [5.41, 5.74) is 0. The molecule has 134 valence electrons. The van der Waals surface area contributed by atoms with Crippen LogP contribution in [0.2, 0.25) is 0 Å². The zero-order valence-corrected chi connectivity index (χ0v) is 12.9. The van der Waals surface area contributed by atoms with Crippen LogP contribution in [0, 0.1) is 74.6 Å². The van der Waals surface area contributed by atoms with Crippen molar-refractivity contribution >= 4 is 35.8 Å². The number of carboxylic acid groups (broad SMARTS) is 6. The van der Waals surface area contributed by atoms with Crippen molar-refractivity contribution in [3.05, 3.63) is 0 Å². The second-order valence-corrected chi connectivity index (χ2v) is 1.83. The van der Waals surface area contributed by atoms with E-state index < -0.39 is 35.8 Å². The summed E-state index contributed by atoms with van der Waals surface area (Å²) in [5.74, 6) is -10.9. The van der Waals surface area contributed by atoms with Gasteiger partial charge in [-0.1, -0.05) is 0 Å². The van der Waals surface area contributed by atoms with Crippen molar-refractivity contribution in [1.82, 2.24) is 0 Å². The van der Waals surface area contributed by atoms with Crippen LogP contribution < -0.4 is 0 Å². The van der Waals surface area contributed by atoms with Crippen molar-refractivity contribution in [3.63, 3.8) is 0 Å². The molecule has 15 heteroatoms. The SMILES string of the molecule is O.O=C(O)C(=O)O.O=C(O)C(=O)O.O=C(O)C(=O)O.[Er].[Er]. The number of hydrogen-bond acceptors (Lipinski definition) is 6. The van der Waals surface area contributed by atoms with Gasteiger partial charge in [0.2, 0.25) is 0 Å². The Morgan fingerprint density at radius 1 is 0.381 bits per heavy atom. The van der Waals surface area contributed by atoms with Crippen molar-refractivity contribution in [1.29, 1.82) is 0 Å². The van der Waals surface area contributed by atoms with Crippen molar-refractivity contribution in [2.45, 2.75) is 0 Å².